The molecule has 0 aliphatic carbocycles. The molecule has 3 aromatic heterocycles. The van der Waals surface area contributed by atoms with Gasteiger partial charge in [0.1, 0.15) is 0 Å². The average Bonchev–Trinajstić information content (AvgIpc) is 3.21. The zero-order valence-corrected chi connectivity index (χ0v) is 16.8. The Balaban J connectivity index is 1.68. The molecule has 0 spiro atoms. The summed E-state index contributed by atoms with van der Waals surface area (Å²) in [5, 5.41) is 0. The van der Waals surface area contributed by atoms with Crippen LogP contribution in [0.3, 0.4) is 0 Å². The topological polar surface area (TPSA) is 41.9 Å². The second-order valence-electron chi connectivity index (χ2n) is 7.33. The molecule has 1 aliphatic heterocycles. The quantitative estimate of drug-likeness (QED) is 0.622. The van der Waals surface area contributed by atoms with Gasteiger partial charge in [-0.1, -0.05) is 12.1 Å². The number of nitrogens with zero attached hydrogens (tertiary/aromatic N) is 4. The van der Waals surface area contributed by atoms with E-state index in [1.54, 1.807) is 11.3 Å². The summed E-state index contributed by atoms with van der Waals surface area (Å²) >= 11 is 1.74. The lowest BCUT2D eigenvalue weighted by molar-refractivity contribution is 0.0777. The maximum Gasteiger partial charge on any atom is 0.0794 e. The largest absolute Gasteiger partial charge is 0.286 e. The van der Waals surface area contributed by atoms with Crippen molar-refractivity contribution in [2.75, 3.05) is 6.54 Å². The van der Waals surface area contributed by atoms with E-state index in [1.807, 2.05) is 36.2 Å². The Bertz CT molecular complexity index is 824. The van der Waals surface area contributed by atoms with Gasteiger partial charge in [0, 0.05) is 30.0 Å². The van der Waals surface area contributed by atoms with Gasteiger partial charge in [-0.25, -0.2) is 0 Å². The zero-order chi connectivity index (χ0) is 18.6. The predicted molar refractivity (Wildman–Crippen MR) is 110 cm³/mol. The molecule has 2 atom stereocenters. The smallest absolute Gasteiger partial charge is 0.0794 e. The molecule has 0 aromatic carbocycles. The van der Waals surface area contributed by atoms with Crippen LogP contribution in [0, 0.1) is 13.8 Å². The van der Waals surface area contributed by atoms with Crippen LogP contribution in [0.25, 0.3) is 0 Å². The van der Waals surface area contributed by atoms with E-state index in [0.717, 1.165) is 25.8 Å². The molecule has 3 aromatic rings. The second kappa shape index (κ2) is 8.28. The maximum atomic E-state index is 4.78. The maximum absolute atomic E-state index is 4.78. The minimum atomic E-state index is 0.347. The summed E-state index contributed by atoms with van der Waals surface area (Å²) in [7, 11) is 0. The van der Waals surface area contributed by atoms with Gasteiger partial charge >= 0.3 is 0 Å². The summed E-state index contributed by atoms with van der Waals surface area (Å²) in [5.41, 5.74) is 6.93. The van der Waals surface area contributed by atoms with Crippen molar-refractivity contribution in [3.63, 3.8) is 0 Å². The Morgan fingerprint density at radius 1 is 1.00 bits per heavy atom. The highest BCUT2D eigenvalue weighted by Crippen LogP contribution is 2.42. The Hall–Kier alpha value is -2.11. The van der Waals surface area contributed by atoms with Gasteiger partial charge in [0.15, 0.2) is 0 Å². The molecule has 1 saturated heterocycles. The summed E-state index contributed by atoms with van der Waals surface area (Å²) < 4.78 is 0. The average molecular weight is 379 g/mol. The van der Waals surface area contributed by atoms with E-state index in [0.29, 0.717) is 12.1 Å². The second-order valence-corrected chi connectivity index (χ2v) is 8.30. The third-order valence-corrected chi connectivity index (χ3v) is 6.43. The summed E-state index contributed by atoms with van der Waals surface area (Å²) in [6.07, 6.45) is 10.4. The van der Waals surface area contributed by atoms with Crippen molar-refractivity contribution in [3.05, 3.63) is 75.8 Å². The lowest BCUT2D eigenvalue weighted by Gasteiger charge is -2.42. The van der Waals surface area contributed by atoms with Gasteiger partial charge in [0.2, 0.25) is 0 Å². The van der Waals surface area contributed by atoms with E-state index >= 15 is 0 Å². The predicted octanol–water partition coefficient (Wildman–Crippen LogP) is 5.06. The molecule has 1 aliphatic rings. The fraction of sp³-hybridized carbons (Fsp3) is 0.409. The van der Waals surface area contributed by atoms with Crippen LogP contribution in [-0.2, 0) is 6.42 Å². The van der Waals surface area contributed by atoms with Crippen LogP contribution in [0.1, 0.15) is 58.7 Å². The molecule has 0 saturated carbocycles. The number of aromatic nitrogens is 3. The first-order valence-corrected chi connectivity index (χ1v) is 10.6. The number of hydrogen-bond acceptors (Lipinski definition) is 5. The summed E-state index contributed by atoms with van der Waals surface area (Å²) in [5.74, 6) is 0. The fourth-order valence-corrected chi connectivity index (χ4v) is 4.84. The van der Waals surface area contributed by atoms with Crippen molar-refractivity contribution >= 4 is 11.3 Å². The first-order chi connectivity index (χ1) is 13.2. The standard InChI is InChI=1S/C22H26N4S/c1-16-6-4-11-24-21(16)19-8-3-9-20(22-17(2)7-5-12-25-22)26(19)13-10-18-14-23-15-27-18/h4-7,11-12,14-15,19-20H,3,8-10,13H2,1-2H3/t19-,20+. The van der Waals surface area contributed by atoms with Gasteiger partial charge < -0.3 is 0 Å². The van der Waals surface area contributed by atoms with Crippen molar-refractivity contribution in [1.82, 2.24) is 19.9 Å². The monoisotopic (exact) mass is 378 g/mol. The number of aryl methyl sites for hydroxylation is 2. The molecule has 27 heavy (non-hydrogen) atoms. The number of likely N-dealkylation sites (tertiary alicyclic amines) is 1. The molecule has 0 bridgehead atoms. The fourth-order valence-electron chi connectivity index (χ4n) is 4.25. The number of rotatable bonds is 5. The summed E-state index contributed by atoms with van der Waals surface area (Å²) in [6, 6.07) is 9.12. The van der Waals surface area contributed by atoms with E-state index < -0.39 is 0 Å². The highest BCUT2D eigenvalue weighted by atomic mass is 32.1. The molecule has 5 heteroatoms. The number of thiazole rings is 1. The van der Waals surface area contributed by atoms with Crippen LogP contribution in [0.4, 0.5) is 0 Å². The third kappa shape index (κ3) is 3.94. The van der Waals surface area contributed by atoms with Crippen molar-refractivity contribution in [2.45, 2.75) is 51.6 Å². The molecule has 0 unspecified atom stereocenters. The zero-order valence-electron chi connectivity index (χ0n) is 16.0. The Labute approximate surface area is 165 Å². The molecule has 0 N–H and O–H groups in total. The van der Waals surface area contributed by atoms with Crippen LogP contribution in [0.15, 0.2) is 48.4 Å². The summed E-state index contributed by atoms with van der Waals surface area (Å²) in [4.78, 5) is 17.8. The lowest BCUT2D eigenvalue weighted by Crippen LogP contribution is -2.39. The molecule has 4 heterocycles. The van der Waals surface area contributed by atoms with Crippen LogP contribution in [-0.4, -0.2) is 26.4 Å². The van der Waals surface area contributed by atoms with Crippen molar-refractivity contribution < 1.29 is 0 Å². The molecule has 0 amide bonds. The van der Waals surface area contributed by atoms with E-state index in [1.165, 1.54) is 33.8 Å². The van der Waals surface area contributed by atoms with Crippen LogP contribution in [0.5, 0.6) is 0 Å². The van der Waals surface area contributed by atoms with Gasteiger partial charge in [-0.15, -0.1) is 11.3 Å². The number of pyridine rings is 2. The number of piperidine rings is 1. The normalized spacial score (nSPS) is 20.7. The van der Waals surface area contributed by atoms with Crippen LogP contribution in [0.2, 0.25) is 0 Å². The van der Waals surface area contributed by atoms with Gasteiger partial charge in [-0.2, -0.15) is 0 Å². The molecular formula is C22H26N4S. The molecule has 0 radical (unpaired) electrons. The molecular weight excluding hydrogens is 352 g/mol. The Morgan fingerprint density at radius 3 is 2.15 bits per heavy atom. The SMILES string of the molecule is Cc1cccnc1[C@H]1CCC[C@@H](c2ncccc2C)N1CCc1cncs1. The third-order valence-electron chi connectivity index (χ3n) is 5.59. The Kier molecular flexibility index (Phi) is 5.60. The van der Waals surface area contributed by atoms with Gasteiger partial charge in [0.05, 0.1) is 29.0 Å². The van der Waals surface area contributed by atoms with Crippen molar-refractivity contribution in [3.8, 4) is 0 Å². The van der Waals surface area contributed by atoms with Gasteiger partial charge in [0.25, 0.3) is 0 Å². The van der Waals surface area contributed by atoms with Gasteiger partial charge in [-0.05, 0) is 62.8 Å². The first kappa shape index (κ1) is 18.3. The molecule has 4 nitrogen and oxygen atoms in total. The number of hydrogen-bond donors (Lipinski definition) is 0. The minimum absolute atomic E-state index is 0.347. The van der Waals surface area contributed by atoms with Crippen molar-refractivity contribution in [2.24, 2.45) is 0 Å². The summed E-state index contributed by atoms with van der Waals surface area (Å²) in [6.45, 7) is 5.36. The van der Waals surface area contributed by atoms with Crippen LogP contribution < -0.4 is 0 Å². The molecule has 1 fully saturated rings. The lowest BCUT2D eigenvalue weighted by atomic mass is 9.88. The molecule has 140 valence electrons. The highest BCUT2D eigenvalue weighted by Gasteiger charge is 2.34. The van der Waals surface area contributed by atoms with Crippen LogP contribution >= 0.6 is 11.3 Å². The van der Waals surface area contributed by atoms with E-state index in [2.05, 4.69) is 35.9 Å². The minimum Gasteiger partial charge on any atom is -0.286 e. The first-order valence-electron chi connectivity index (χ1n) is 9.70. The van der Waals surface area contributed by atoms with Gasteiger partial charge in [-0.3, -0.25) is 19.9 Å². The molecule has 4 rings (SSSR count). The highest BCUT2D eigenvalue weighted by molar-refractivity contribution is 7.09. The van der Waals surface area contributed by atoms with E-state index in [-0.39, 0.29) is 0 Å². The van der Waals surface area contributed by atoms with E-state index in [9.17, 15) is 0 Å². The Morgan fingerprint density at radius 2 is 1.63 bits per heavy atom. The van der Waals surface area contributed by atoms with Crippen molar-refractivity contribution in [1.29, 1.82) is 0 Å². The van der Waals surface area contributed by atoms with E-state index in [4.69, 9.17) is 9.97 Å².